The maximum absolute atomic E-state index is 12.1. The maximum Gasteiger partial charge on any atom is 0.253 e. The van der Waals surface area contributed by atoms with Crippen molar-refractivity contribution in [3.05, 3.63) is 12.2 Å². The molecule has 1 fully saturated rings. The van der Waals surface area contributed by atoms with E-state index in [2.05, 4.69) is 11.4 Å². The van der Waals surface area contributed by atoms with Crippen LogP contribution in [0.1, 0.15) is 25.7 Å². The molecule has 2 rings (SSSR count). The molecule has 0 aromatic carbocycles. The Morgan fingerprint density at radius 2 is 1.84 bits per heavy atom. The van der Waals surface area contributed by atoms with Gasteiger partial charge >= 0.3 is 0 Å². The van der Waals surface area contributed by atoms with E-state index in [1.54, 1.807) is 0 Å². The molecule has 0 radical (unpaired) electrons. The normalized spacial score (nSPS) is 22.8. The zero-order chi connectivity index (χ0) is 18.1. The molecule has 0 bridgehead atoms. The third-order valence-electron chi connectivity index (χ3n) is 4.52. The van der Waals surface area contributed by atoms with Crippen molar-refractivity contribution in [2.45, 2.75) is 25.7 Å². The number of nitrogens with zero attached hydrogens (tertiary/aromatic N) is 1. The Hall–Kier alpha value is -2.33. The van der Waals surface area contributed by atoms with Crippen LogP contribution in [0, 0.1) is 24.4 Å². The van der Waals surface area contributed by atoms with E-state index in [0.29, 0.717) is 32.9 Å². The topological polar surface area (TPSA) is 84.9 Å². The molecule has 1 N–H and O–H groups in total. The van der Waals surface area contributed by atoms with Crippen molar-refractivity contribution >= 4 is 17.7 Å². The van der Waals surface area contributed by atoms with E-state index in [9.17, 15) is 14.4 Å². The largest absolute Gasteiger partial charge is 0.444 e. The van der Waals surface area contributed by atoms with Crippen LogP contribution in [0.15, 0.2) is 12.2 Å². The van der Waals surface area contributed by atoms with Gasteiger partial charge < -0.3 is 14.8 Å². The summed E-state index contributed by atoms with van der Waals surface area (Å²) in [6.45, 7) is 2.06. The van der Waals surface area contributed by atoms with E-state index in [1.807, 2.05) is 0 Å². The fourth-order valence-corrected chi connectivity index (χ4v) is 3.13. The molecule has 7 heteroatoms. The zero-order valence-electron chi connectivity index (χ0n) is 14.2. The van der Waals surface area contributed by atoms with Crippen molar-refractivity contribution in [1.29, 1.82) is 0 Å². The number of hydrogen-bond acceptors (Lipinski definition) is 5. The molecular formula is C18H24N2O5. The summed E-state index contributed by atoms with van der Waals surface area (Å²) in [5, 5.41) is 2.87. The van der Waals surface area contributed by atoms with Crippen LogP contribution in [-0.2, 0) is 23.9 Å². The predicted octanol–water partition coefficient (Wildman–Crippen LogP) is 0.458. The summed E-state index contributed by atoms with van der Waals surface area (Å²) in [7, 11) is 0. The smallest absolute Gasteiger partial charge is 0.253 e. The maximum atomic E-state index is 12.1. The summed E-state index contributed by atoms with van der Waals surface area (Å²) in [6, 6.07) is 0. The first kappa shape index (κ1) is 19.0. The summed E-state index contributed by atoms with van der Waals surface area (Å²) in [5.41, 5.74) is 0. The lowest BCUT2D eigenvalue weighted by Crippen LogP contribution is -2.39. The van der Waals surface area contributed by atoms with Crippen molar-refractivity contribution in [3.63, 3.8) is 0 Å². The molecule has 0 saturated heterocycles. The molecule has 0 aromatic rings. The molecule has 136 valence electrons. The highest BCUT2D eigenvalue weighted by Crippen LogP contribution is 2.30. The minimum absolute atomic E-state index is 0.0101. The van der Waals surface area contributed by atoms with Gasteiger partial charge in [-0.05, 0) is 31.6 Å². The van der Waals surface area contributed by atoms with Crippen LogP contribution in [0.5, 0.6) is 0 Å². The van der Waals surface area contributed by atoms with E-state index < -0.39 is 0 Å². The monoisotopic (exact) mass is 348 g/mol. The average Bonchev–Trinajstić information content (AvgIpc) is 2.93. The van der Waals surface area contributed by atoms with Gasteiger partial charge in [0.15, 0.2) is 0 Å². The second kappa shape index (κ2) is 9.84. The Labute approximate surface area is 147 Å². The minimum Gasteiger partial charge on any atom is -0.444 e. The SMILES string of the molecule is C#COCCOCCNC(=O)C1CCC(CN2C(=O)C=CC2=O)CC1. The summed E-state index contributed by atoms with van der Waals surface area (Å²) < 4.78 is 9.97. The number of ether oxygens (including phenoxy) is 2. The summed E-state index contributed by atoms with van der Waals surface area (Å²) >= 11 is 0. The number of carbonyl (C=O) groups is 3. The fourth-order valence-electron chi connectivity index (χ4n) is 3.13. The van der Waals surface area contributed by atoms with Crippen molar-refractivity contribution in [1.82, 2.24) is 10.2 Å². The molecule has 0 aromatic heterocycles. The highest BCUT2D eigenvalue weighted by atomic mass is 16.5. The molecule has 2 aliphatic rings. The average molecular weight is 348 g/mol. The zero-order valence-corrected chi connectivity index (χ0v) is 14.2. The quantitative estimate of drug-likeness (QED) is 0.372. The number of rotatable bonds is 9. The molecule has 1 aliphatic heterocycles. The molecule has 25 heavy (non-hydrogen) atoms. The van der Waals surface area contributed by atoms with Crippen molar-refractivity contribution in [3.8, 4) is 12.5 Å². The van der Waals surface area contributed by atoms with Crippen LogP contribution in [0.4, 0.5) is 0 Å². The van der Waals surface area contributed by atoms with Gasteiger partial charge in [-0.25, -0.2) is 0 Å². The van der Waals surface area contributed by atoms with Gasteiger partial charge in [-0.15, -0.1) is 0 Å². The number of imide groups is 1. The highest BCUT2D eigenvalue weighted by molar-refractivity contribution is 6.12. The minimum atomic E-state index is -0.238. The number of carbonyl (C=O) groups excluding carboxylic acids is 3. The van der Waals surface area contributed by atoms with Crippen LogP contribution in [0.3, 0.4) is 0 Å². The molecule has 0 spiro atoms. The first-order valence-corrected chi connectivity index (χ1v) is 8.58. The van der Waals surface area contributed by atoms with Gasteiger partial charge in [-0.2, -0.15) is 0 Å². The summed E-state index contributed by atoms with van der Waals surface area (Å²) in [6.07, 6.45) is 12.8. The molecule has 7 nitrogen and oxygen atoms in total. The second-order valence-corrected chi connectivity index (χ2v) is 6.21. The molecule has 0 unspecified atom stereocenters. The van der Waals surface area contributed by atoms with Gasteiger partial charge in [0.1, 0.15) is 12.7 Å². The summed E-state index contributed by atoms with van der Waals surface area (Å²) in [4.78, 5) is 36.6. The van der Waals surface area contributed by atoms with Crippen LogP contribution in [-0.4, -0.2) is 55.5 Å². The fraction of sp³-hybridized carbons (Fsp3) is 0.611. The van der Waals surface area contributed by atoms with Crippen LogP contribution >= 0.6 is 0 Å². The third-order valence-corrected chi connectivity index (χ3v) is 4.52. The highest BCUT2D eigenvalue weighted by Gasteiger charge is 2.31. The van der Waals surface area contributed by atoms with Crippen LogP contribution in [0.25, 0.3) is 0 Å². The van der Waals surface area contributed by atoms with Gasteiger partial charge in [0.05, 0.1) is 13.2 Å². The van der Waals surface area contributed by atoms with Crippen molar-refractivity contribution in [2.75, 3.05) is 32.9 Å². The number of amides is 3. The lowest BCUT2D eigenvalue weighted by atomic mass is 9.81. The lowest BCUT2D eigenvalue weighted by molar-refractivity contribution is -0.138. The van der Waals surface area contributed by atoms with E-state index in [4.69, 9.17) is 15.9 Å². The number of hydrogen-bond donors (Lipinski definition) is 1. The Balaban J connectivity index is 1.58. The molecule has 3 amide bonds. The van der Waals surface area contributed by atoms with Crippen LogP contribution in [0.2, 0.25) is 0 Å². The third kappa shape index (κ3) is 5.91. The molecule has 0 atom stereocenters. The standard InChI is InChI=1S/C18H24N2O5/c1-2-24-11-12-25-10-9-19-18(23)15-5-3-14(4-6-15)13-20-16(21)7-8-17(20)22/h1,7-8,14-15H,3-6,9-13H2,(H,19,23). The number of nitrogens with one attached hydrogen (secondary N) is 1. The van der Waals surface area contributed by atoms with Gasteiger partial charge in [-0.3, -0.25) is 19.3 Å². The molecule has 1 heterocycles. The van der Waals surface area contributed by atoms with Crippen molar-refractivity contribution in [2.24, 2.45) is 11.8 Å². The Morgan fingerprint density at radius 1 is 1.16 bits per heavy atom. The van der Waals surface area contributed by atoms with E-state index in [0.717, 1.165) is 25.7 Å². The van der Waals surface area contributed by atoms with Gasteiger partial charge in [0.2, 0.25) is 5.91 Å². The first-order valence-electron chi connectivity index (χ1n) is 8.58. The Bertz CT molecular complexity index is 540. The van der Waals surface area contributed by atoms with E-state index in [1.165, 1.54) is 17.1 Å². The Kier molecular flexibility index (Phi) is 7.48. The molecule has 1 saturated carbocycles. The molecule has 1 aliphatic carbocycles. The van der Waals surface area contributed by atoms with Crippen LogP contribution < -0.4 is 5.32 Å². The Morgan fingerprint density at radius 3 is 2.48 bits per heavy atom. The number of terminal acetylenes is 1. The summed E-state index contributed by atoms with van der Waals surface area (Å²) in [5.74, 6) is -0.174. The first-order chi connectivity index (χ1) is 12.1. The van der Waals surface area contributed by atoms with Gasteiger partial charge in [0.25, 0.3) is 11.8 Å². The van der Waals surface area contributed by atoms with E-state index in [-0.39, 0.29) is 29.6 Å². The van der Waals surface area contributed by atoms with Crippen molar-refractivity contribution < 1.29 is 23.9 Å². The van der Waals surface area contributed by atoms with Gasteiger partial charge in [0, 0.05) is 31.2 Å². The molecular weight excluding hydrogens is 324 g/mol. The lowest BCUT2D eigenvalue weighted by Gasteiger charge is -2.30. The van der Waals surface area contributed by atoms with Gasteiger partial charge in [-0.1, -0.05) is 6.42 Å². The predicted molar refractivity (Wildman–Crippen MR) is 89.9 cm³/mol. The second-order valence-electron chi connectivity index (χ2n) is 6.21. The van der Waals surface area contributed by atoms with E-state index >= 15 is 0 Å².